The van der Waals surface area contributed by atoms with E-state index >= 15 is 0 Å². The molecule has 1 amide bonds. The maximum absolute atomic E-state index is 13.2. The number of likely N-dealkylation sites (tertiary alicyclic amines) is 1. The standard InChI is InChI=1S/C23H27FN2O3S/c24-21-8-10-22(11-9-21)30(28,29)26-14-4-7-20(17-26)23(27)25-15-12-19(13-16-25)18-5-2-1-3-6-18/h1-3,5-6,8-11,19-20H,4,7,12-17H2. The van der Waals surface area contributed by atoms with Crippen molar-refractivity contribution < 1.29 is 17.6 Å². The lowest BCUT2D eigenvalue weighted by molar-refractivity contribution is -0.137. The molecule has 30 heavy (non-hydrogen) atoms. The van der Waals surface area contributed by atoms with E-state index in [1.165, 1.54) is 22.0 Å². The van der Waals surface area contributed by atoms with E-state index in [9.17, 15) is 17.6 Å². The number of hydrogen-bond acceptors (Lipinski definition) is 3. The molecule has 160 valence electrons. The van der Waals surface area contributed by atoms with Gasteiger partial charge in [0.05, 0.1) is 10.8 Å². The molecule has 2 heterocycles. The Hall–Kier alpha value is -2.25. The van der Waals surface area contributed by atoms with Crippen LogP contribution in [0.25, 0.3) is 0 Å². The van der Waals surface area contributed by atoms with Crippen molar-refractivity contribution in [3.63, 3.8) is 0 Å². The van der Waals surface area contributed by atoms with Gasteiger partial charge in [-0.25, -0.2) is 12.8 Å². The first-order valence-electron chi connectivity index (χ1n) is 10.5. The van der Waals surface area contributed by atoms with Crippen molar-refractivity contribution >= 4 is 15.9 Å². The van der Waals surface area contributed by atoms with Gasteiger partial charge in [-0.3, -0.25) is 4.79 Å². The van der Waals surface area contributed by atoms with Crippen LogP contribution < -0.4 is 0 Å². The van der Waals surface area contributed by atoms with Gasteiger partial charge in [-0.05, 0) is 61.4 Å². The average Bonchev–Trinajstić information content (AvgIpc) is 2.80. The summed E-state index contributed by atoms with van der Waals surface area (Å²) in [6, 6.07) is 15.2. The molecule has 2 fully saturated rings. The van der Waals surface area contributed by atoms with Gasteiger partial charge in [-0.1, -0.05) is 30.3 Å². The van der Waals surface area contributed by atoms with Crippen LogP contribution in [0.2, 0.25) is 0 Å². The van der Waals surface area contributed by atoms with Crippen LogP contribution in [0, 0.1) is 11.7 Å². The summed E-state index contributed by atoms with van der Waals surface area (Å²) in [4.78, 5) is 15.1. The predicted octanol–water partition coefficient (Wildman–Crippen LogP) is 3.63. The Bertz CT molecular complexity index is 971. The average molecular weight is 431 g/mol. The van der Waals surface area contributed by atoms with Gasteiger partial charge in [0.1, 0.15) is 5.82 Å². The fourth-order valence-corrected chi connectivity index (χ4v) is 6.06. The first-order chi connectivity index (χ1) is 14.4. The first kappa shape index (κ1) is 21.0. The van der Waals surface area contributed by atoms with Crippen LogP contribution in [0.15, 0.2) is 59.5 Å². The van der Waals surface area contributed by atoms with Crippen LogP contribution in [0.4, 0.5) is 4.39 Å². The molecule has 0 N–H and O–H groups in total. The molecular formula is C23H27FN2O3S. The molecule has 7 heteroatoms. The van der Waals surface area contributed by atoms with Gasteiger partial charge >= 0.3 is 0 Å². The number of hydrogen-bond donors (Lipinski definition) is 0. The number of rotatable bonds is 4. The Morgan fingerprint density at radius 1 is 0.900 bits per heavy atom. The van der Waals surface area contributed by atoms with Crippen molar-refractivity contribution in [2.45, 2.75) is 36.5 Å². The van der Waals surface area contributed by atoms with Gasteiger partial charge in [0, 0.05) is 26.2 Å². The third kappa shape index (κ3) is 4.42. The summed E-state index contributed by atoms with van der Waals surface area (Å²) in [5.41, 5.74) is 1.32. The SMILES string of the molecule is O=C(C1CCCN(S(=O)(=O)c2ccc(F)cc2)C1)N1CCC(c2ccccc2)CC1. The van der Waals surface area contributed by atoms with Crippen molar-refractivity contribution in [1.82, 2.24) is 9.21 Å². The lowest BCUT2D eigenvalue weighted by Gasteiger charge is -2.37. The number of sulfonamides is 1. The van der Waals surface area contributed by atoms with Crippen LogP contribution in [0.5, 0.6) is 0 Å². The van der Waals surface area contributed by atoms with Crippen molar-refractivity contribution in [1.29, 1.82) is 0 Å². The third-order valence-corrected chi connectivity index (χ3v) is 8.14. The Balaban J connectivity index is 1.39. The molecule has 4 rings (SSSR count). The molecule has 0 radical (unpaired) electrons. The highest BCUT2D eigenvalue weighted by molar-refractivity contribution is 7.89. The van der Waals surface area contributed by atoms with E-state index in [1.807, 2.05) is 23.1 Å². The molecule has 0 spiro atoms. The summed E-state index contributed by atoms with van der Waals surface area (Å²) in [5, 5.41) is 0. The van der Waals surface area contributed by atoms with E-state index in [-0.39, 0.29) is 23.3 Å². The molecule has 0 aromatic heterocycles. The third-order valence-electron chi connectivity index (χ3n) is 6.26. The number of piperidine rings is 2. The highest BCUT2D eigenvalue weighted by Gasteiger charge is 2.36. The second kappa shape index (κ2) is 8.86. The van der Waals surface area contributed by atoms with Crippen LogP contribution >= 0.6 is 0 Å². The molecule has 1 atom stereocenters. The molecule has 2 aromatic carbocycles. The molecule has 1 unspecified atom stereocenters. The van der Waals surface area contributed by atoms with E-state index in [0.29, 0.717) is 38.4 Å². The Morgan fingerprint density at radius 3 is 2.23 bits per heavy atom. The maximum atomic E-state index is 13.2. The second-order valence-corrected chi connectivity index (χ2v) is 10.1. The fourth-order valence-electron chi connectivity index (χ4n) is 4.53. The van der Waals surface area contributed by atoms with Gasteiger partial charge in [-0.15, -0.1) is 0 Å². The van der Waals surface area contributed by atoms with Gasteiger partial charge < -0.3 is 4.90 Å². The van der Waals surface area contributed by atoms with Crippen molar-refractivity contribution in [3.05, 3.63) is 66.0 Å². The smallest absolute Gasteiger partial charge is 0.243 e. The molecule has 2 aliphatic rings. The van der Waals surface area contributed by atoms with Crippen LogP contribution in [-0.2, 0) is 14.8 Å². The van der Waals surface area contributed by atoms with Crippen LogP contribution in [-0.4, -0.2) is 49.7 Å². The first-order valence-corrected chi connectivity index (χ1v) is 12.0. The summed E-state index contributed by atoms with van der Waals surface area (Å²) >= 11 is 0. The van der Waals surface area contributed by atoms with Crippen molar-refractivity contribution in [2.24, 2.45) is 5.92 Å². The lowest BCUT2D eigenvalue weighted by Crippen LogP contribution is -2.48. The van der Waals surface area contributed by atoms with E-state index in [1.54, 1.807) is 0 Å². The minimum absolute atomic E-state index is 0.0560. The normalized spacial score (nSPS) is 21.5. The zero-order valence-electron chi connectivity index (χ0n) is 16.9. The number of nitrogens with zero attached hydrogens (tertiary/aromatic N) is 2. The second-order valence-electron chi connectivity index (χ2n) is 8.17. The number of benzene rings is 2. The topological polar surface area (TPSA) is 57.7 Å². The summed E-state index contributed by atoms with van der Waals surface area (Å²) in [5.74, 6) is -0.265. The fraction of sp³-hybridized carbons (Fsp3) is 0.435. The summed E-state index contributed by atoms with van der Waals surface area (Å²) in [6.45, 7) is 2.00. The molecule has 0 bridgehead atoms. The van der Waals surface area contributed by atoms with E-state index in [4.69, 9.17) is 0 Å². The predicted molar refractivity (Wildman–Crippen MR) is 113 cm³/mol. The molecule has 2 saturated heterocycles. The lowest BCUT2D eigenvalue weighted by atomic mass is 9.88. The summed E-state index contributed by atoms with van der Waals surface area (Å²) in [7, 11) is -3.72. The van der Waals surface area contributed by atoms with Crippen LogP contribution in [0.3, 0.4) is 0 Å². The summed E-state index contributed by atoms with van der Waals surface area (Å²) in [6.07, 6.45) is 3.21. The van der Waals surface area contributed by atoms with Crippen molar-refractivity contribution in [3.8, 4) is 0 Å². The number of halogens is 1. The van der Waals surface area contributed by atoms with Gasteiger partial charge in [-0.2, -0.15) is 4.31 Å². The van der Waals surface area contributed by atoms with E-state index in [0.717, 1.165) is 25.0 Å². The number of carbonyl (C=O) groups excluding carboxylic acids is 1. The summed E-state index contributed by atoms with van der Waals surface area (Å²) < 4.78 is 40.4. The quantitative estimate of drug-likeness (QED) is 0.744. The minimum Gasteiger partial charge on any atom is -0.342 e. The number of carbonyl (C=O) groups is 1. The Morgan fingerprint density at radius 2 is 1.57 bits per heavy atom. The van der Waals surface area contributed by atoms with Gasteiger partial charge in [0.15, 0.2) is 0 Å². The molecular weight excluding hydrogens is 403 g/mol. The van der Waals surface area contributed by atoms with E-state index in [2.05, 4.69) is 12.1 Å². The monoisotopic (exact) mass is 430 g/mol. The largest absolute Gasteiger partial charge is 0.342 e. The Labute approximate surface area is 177 Å². The highest BCUT2D eigenvalue weighted by Crippen LogP contribution is 2.30. The van der Waals surface area contributed by atoms with Gasteiger partial charge in [0.25, 0.3) is 0 Å². The zero-order chi connectivity index (χ0) is 21.1. The maximum Gasteiger partial charge on any atom is 0.243 e. The Kier molecular flexibility index (Phi) is 6.20. The van der Waals surface area contributed by atoms with E-state index < -0.39 is 15.8 Å². The number of amides is 1. The molecule has 0 saturated carbocycles. The van der Waals surface area contributed by atoms with Crippen molar-refractivity contribution in [2.75, 3.05) is 26.2 Å². The highest BCUT2D eigenvalue weighted by atomic mass is 32.2. The zero-order valence-corrected chi connectivity index (χ0v) is 17.7. The van der Waals surface area contributed by atoms with Crippen LogP contribution in [0.1, 0.15) is 37.2 Å². The minimum atomic E-state index is -3.72. The molecule has 5 nitrogen and oxygen atoms in total. The molecule has 2 aliphatic heterocycles. The molecule has 0 aliphatic carbocycles. The van der Waals surface area contributed by atoms with Gasteiger partial charge in [0.2, 0.25) is 15.9 Å². The molecule has 2 aromatic rings.